The number of amides is 1. The van der Waals surface area contributed by atoms with Gasteiger partial charge in [0.05, 0.1) is 19.8 Å². The van der Waals surface area contributed by atoms with Gasteiger partial charge < -0.3 is 14.8 Å². The molecule has 186 valence electrons. The minimum atomic E-state index is -4.50. The first-order chi connectivity index (χ1) is 16.1. The van der Waals surface area contributed by atoms with E-state index in [4.69, 9.17) is 9.47 Å². The van der Waals surface area contributed by atoms with Gasteiger partial charge in [-0.1, -0.05) is 80.9 Å². The Morgan fingerprint density at radius 2 is 1.50 bits per heavy atom. The van der Waals surface area contributed by atoms with E-state index in [0.717, 1.165) is 17.5 Å². The Morgan fingerprint density at radius 3 is 2.03 bits per heavy atom. The quantitative estimate of drug-likeness (QED) is 0.451. The second kappa shape index (κ2) is 11.4. The number of carbonyl (C=O) groups excluding carboxylic acids is 1. The first-order valence-corrected chi connectivity index (χ1v) is 13.1. The van der Waals surface area contributed by atoms with Crippen LogP contribution >= 0.6 is 0 Å². The summed E-state index contributed by atoms with van der Waals surface area (Å²) in [6.45, 7) is 4.49. The lowest BCUT2D eigenvalue weighted by atomic mass is 9.85. The van der Waals surface area contributed by atoms with Crippen LogP contribution in [-0.4, -0.2) is 36.5 Å². The minimum absolute atomic E-state index is 0.175. The van der Waals surface area contributed by atoms with Crippen molar-refractivity contribution in [2.24, 2.45) is 5.41 Å². The molecule has 2 aromatic rings. The van der Waals surface area contributed by atoms with Crippen molar-refractivity contribution in [3.05, 3.63) is 71.8 Å². The van der Waals surface area contributed by atoms with Crippen molar-refractivity contribution in [2.75, 3.05) is 6.61 Å². The summed E-state index contributed by atoms with van der Waals surface area (Å²) in [5.74, 6) is -0.566. The molecule has 1 saturated carbocycles. The number of rotatable bonds is 11. The molecule has 3 rings (SSSR count). The smallest absolute Gasteiger partial charge is 0.289 e. The van der Waals surface area contributed by atoms with E-state index >= 15 is 0 Å². The predicted molar refractivity (Wildman–Crippen MR) is 130 cm³/mol. The summed E-state index contributed by atoms with van der Waals surface area (Å²) >= 11 is 0. The molecule has 34 heavy (non-hydrogen) atoms. The number of nitrogens with one attached hydrogen (secondary N) is 1. The SMILES string of the molecule is CC(C)(COCc1ccccc1)C(OCc1ccccc1)C(=O)NC1(S(=O)(=O)O)CCCCC1. The van der Waals surface area contributed by atoms with Gasteiger partial charge in [-0.25, -0.2) is 0 Å². The van der Waals surface area contributed by atoms with Crippen molar-refractivity contribution >= 4 is 16.0 Å². The van der Waals surface area contributed by atoms with E-state index in [2.05, 4.69) is 5.32 Å². The van der Waals surface area contributed by atoms with Crippen molar-refractivity contribution in [3.63, 3.8) is 0 Å². The Bertz CT molecular complexity index is 1020. The lowest BCUT2D eigenvalue weighted by Gasteiger charge is -2.39. The van der Waals surface area contributed by atoms with Crippen molar-refractivity contribution < 1.29 is 27.2 Å². The zero-order chi connectivity index (χ0) is 24.7. The van der Waals surface area contributed by atoms with Gasteiger partial charge in [0.2, 0.25) is 0 Å². The summed E-state index contributed by atoms with van der Waals surface area (Å²) in [6.07, 6.45) is 1.43. The van der Waals surface area contributed by atoms with E-state index in [-0.39, 0.29) is 26.1 Å². The Labute approximate surface area is 202 Å². The Hall–Kier alpha value is -2.26. The molecule has 8 heteroatoms. The monoisotopic (exact) mass is 489 g/mol. The lowest BCUT2D eigenvalue weighted by molar-refractivity contribution is -0.148. The minimum Gasteiger partial charge on any atom is -0.376 e. The summed E-state index contributed by atoms with van der Waals surface area (Å²) in [4.78, 5) is 11.8. The summed E-state index contributed by atoms with van der Waals surface area (Å²) in [5, 5.41) is 2.67. The second-order valence-corrected chi connectivity index (χ2v) is 11.4. The zero-order valence-electron chi connectivity index (χ0n) is 19.9. The predicted octanol–water partition coefficient (Wildman–Crippen LogP) is 4.48. The van der Waals surface area contributed by atoms with Crippen LogP contribution < -0.4 is 5.32 Å². The molecule has 0 heterocycles. The van der Waals surface area contributed by atoms with Crippen molar-refractivity contribution in [1.82, 2.24) is 5.32 Å². The highest BCUT2D eigenvalue weighted by molar-refractivity contribution is 7.87. The molecule has 1 aliphatic rings. The molecule has 1 atom stereocenters. The number of carbonyl (C=O) groups is 1. The fourth-order valence-electron chi connectivity index (χ4n) is 4.35. The van der Waals surface area contributed by atoms with Gasteiger partial charge in [0.15, 0.2) is 4.87 Å². The number of hydrogen-bond acceptors (Lipinski definition) is 5. The molecule has 2 N–H and O–H groups in total. The van der Waals surface area contributed by atoms with Gasteiger partial charge in [-0.15, -0.1) is 0 Å². The van der Waals surface area contributed by atoms with Crippen molar-refractivity contribution in [3.8, 4) is 0 Å². The van der Waals surface area contributed by atoms with Gasteiger partial charge in [-0.2, -0.15) is 8.42 Å². The average molecular weight is 490 g/mol. The van der Waals surface area contributed by atoms with Gasteiger partial charge in [0, 0.05) is 5.41 Å². The number of hydrogen-bond donors (Lipinski definition) is 2. The molecule has 0 spiro atoms. The molecular formula is C26H35NO6S. The van der Waals surface area contributed by atoms with Crippen LogP contribution in [0.4, 0.5) is 0 Å². The first kappa shape index (κ1) is 26.3. The number of ether oxygens (including phenoxy) is 2. The normalized spacial score (nSPS) is 17.1. The van der Waals surface area contributed by atoms with Gasteiger partial charge in [0.25, 0.3) is 16.0 Å². The topological polar surface area (TPSA) is 102 Å². The molecule has 2 aromatic carbocycles. The van der Waals surface area contributed by atoms with E-state index in [0.29, 0.717) is 19.4 Å². The largest absolute Gasteiger partial charge is 0.376 e. The highest BCUT2D eigenvalue weighted by atomic mass is 32.2. The number of benzene rings is 2. The lowest BCUT2D eigenvalue weighted by Crippen LogP contribution is -2.60. The van der Waals surface area contributed by atoms with Crippen LogP contribution in [0.25, 0.3) is 0 Å². The summed E-state index contributed by atoms with van der Waals surface area (Å²) in [6, 6.07) is 19.2. The van der Waals surface area contributed by atoms with E-state index in [1.165, 1.54) is 0 Å². The van der Waals surface area contributed by atoms with Crippen LogP contribution in [0, 0.1) is 5.41 Å². The van der Waals surface area contributed by atoms with Crippen LogP contribution in [0.15, 0.2) is 60.7 Å². The van der Waals surface area contributed by atoms with Crippen LogP contribution in [0.5, 0.6) is 0 Å². The highest BCUT2D eigenvalue weighted by Gasteiger charge is 2.48. The molecule has 0 bridgehead atoms. The molecular weight excluding hydrogens is 454 g/mol. The fraction of sp³-hybridized carbons (Fsp3) is 0.500. The second-order valence-electron chi connectivity index (χ2n) is 9.66. The van der Waals surface area contributed by atoms with E-state index < -0.39 is 32.4 Å². The molecule has 1 amide bonds. The maximum Gasteiger partial charge on any atom is 0.289 e. The van der Waals surface area contributed by atoms with Gasteiger partial charge in [-0.3, -0.25) is 9.35 Å². The third-order valence-electron chi connectivity index (χ3n) is 6.30. The average Bonchev–Trinajstić information content (AvgIpc) is 2.80. The third-order valence-corrected chi connectivity index (χ3v) is 7.80. The molecule has 1 unspecified atom stereocenters. The Kier molecular flexibility index (Phi) is 8.87. The fourth-order valence-corrected chi connectivity index (χ4v) is 5.39. The summed E-state index contributed by atoms with van der Waals surface area (Å²) in [7, 11) is -4.50. The molecule has 0 radical (unpaired) electrons. The van der Waals surface area contributed by atoms with Gasteiger partial charge >= 0.3 is 0 Å². The zero-order valence-corrected chi connectivity index (χ0v) is 20.7. The molecule has 0 aliphatic heterocycles. The van der Waals surface area contributed by atoms with Crippen molar-refractivity contribution in [1.29, 1.82) is 0 Å². The molecule has 1 aliphatic carbocycles. The van der Waals surface area contributed by atoms with Crippen LogP contribution in [0.1, 0.15) is 57.1 Å². The van der Waals surface area contributed by atoms with Crippen LogP contribution in [-0.2, 0) is 37.6 Å². The van der Waals surface area contributed by atoms with Crippen LogP contribution in [0.3, 0.4) is 0 Å². The highest BCUT2D eigenvalue weighted by Crippen LogP contribution is 2.34. The molecule has 7 nitrogen and oxygen atoms in total. The van der Waals surface area contributed by atoms with E-state index in [9.17, 15) is 17.8 Å². The Morgan fingerprint density at radius 1 is 0.971 bits per heavy atom. The van der Waals surface area contributed by atoms with E-state index in [1.807, 2.05) is 74.5 Å². The van der Waals surface area contributed by atoms with Gasteiger partial charge in [-0.05, 0) is 36.8 Å². The Balaban J connectivity index is 1.77. The maximum atomic E-state index is 13.5. The first-order valence-electron chi connectivity index (χ1n) is 11.7. The molecule has 1 fully saturated rings. The standard InChI is InChI=1S/C26H35NO6S/c1-25(2,20-32-18-21-12-6-3-7-13-21)23(33-19-22-14-8-4-9-15-22)24(28)27-26(34(29,30)31)16-10-5-11-17-26/h3-4,6-9,12-15,23H,5,10-11,16-20H2,1-2H3,(H,27,28)(H,29,30,31). The van der Waals surface area contributed by atoms with Crippen LogP contribution in [0.2, 0.25) is 0 Å². The van der Waals surface area contributed by atoms with Gasteiger partial charge in [0.1, 0.15) is 6.10 Å². The summed E-state index contributed by atoms with van der Waals surface area (Å²) in [5.41, 5.74) is 1.13. The third kappa shape index (κ3) is 6.88. The van der Waals surface area contributed by atoms with Crippen molar-refractivity contribution in [2.45, 2.75) is 70.1 Å². The molecule has 0 aromatic heterocycles. The molecule has 0 saturated heterocycles. The van der Waals surface area contributed by atoms with E-state index in [1.54, 1.807) is 0 Å². The maximum absolute atomic E-state index is 13.5. The summed E-state index contributed by atoms with van der Waals surface area (Å²) < 4.78 is 46.6.